The second-order valence-corrected chi connectivity index (χ2v) is 2.74. The van der Waals surface area contributed by atoms with Crippen molar-refractivity contribution >= 4 is 0 Å². The average Bonchev–Trinajstić information content (AvgIpc) is 2.17. The van der Waals surface area contributed by atoms with Gasteiger partial charge in [0.1, 0.15) is 0 Å². The highest BCUT2D eigenvalue weighted by atomic mass is 19.1. The number of nitrogens with one attached hydrogen (secondary N) is 1. The predicted octanol–water partition coefficient (Wildman–Crippen LogP) is 1.87. The van der Waals surface area contributed by atoms with Gasteiger partial charge < -0.3 is 9.94 Å². The van der Waals surface area contributed by atoms with Crippen molar-refractivity contribution in [1.29, 1.82) is 0 Å². The zero-order valence-electron chi connectivity index (χ0n) is 7.54. The fraction of sp³-hybridized carbons (Fsp3) is 0.333. The van der Waals surface area contributed by atoms with Crippen LogP contribution < -0.4 is 10.2 Å². The van der Waals surface area contributed by atoms with Crippen LogP contribution in [0, 0.1) is 5.82 Å². The Bertz CT molecular complexity index is 291. The molecule has 0 aromatic heterocycles. The van der Waals surface area contributed by atoms with Crippen LogP contribution in [0.15, 0.2) is 18.2 Å². The van der Waals surface area contributed by atoms with Crippen LogP contribution in [-0.4, -0.2) is 12.3 Å². The zero-order valence-corrected chi connectivity index (χ0v) is 7.54. The lowest BCUT2D eigenvalue weighted by molar-refractivity contribution is 0.133. The number of methoxy groups -OCH3 is 1. The minimum absolute atomic E-state index is 0.180. The van der Waals surface area contributed by atoms with Gasteiger partial charge in [0.2, 0.25) is 0 Å². The Kier molecular flexibility index (Phi) is 3.22. The molecule has 0 aliphatic carbocycles. The van der Waals surface area contributed by atoms with E-state index in [2.05, 4.69) is 5.48 Å². The maximum atomic E-state index is 12.9. The molecule has 0 spiro atoms. The van der Waals surface area contributed by atoms with Crippen molar-refractivity contribution in [3.8, 4) is 5.75 Å². The topological polar surface area (TPSA) is 41.5 Å². The molecule has 3 nitrogen and oxygen atoms in total. The van der Waals surface area contributed by atoms with Crippen LogP contribution in [0.1, 0.15) is 18.5 Å². The molecule has 4 heteroatoms. The maximum absolute atomic E-state index is 12.9. The predicted molar refractivity (Wildman–Crippen MR) is 46.3 cm³/mol. The molecule has 1 aromatic rings. The van der Waals surface area contributed by atoms with E-state index in [4.69, 9.17) is 9.94 Å². The molecule has 0 heterocycles. The molecule has 0 radical (unpaired) electrons. The first-order valence-electron chi connectivity index (χ1n) is 3.92. The van der Waals surface area contributed by atoms with E-state index in [0.29, 0.717) is 0 Å². The molecule has 0 amide bonds. The molecule has 1 atom stereocenters. The summed E-state index contributed by atoms with van der Waals surface area (Å²) < 4.78 is 17.7. The van der Waals surface area contributed by atoms with Crippen molar-refractivity contribution < 1.29 is 14.3 Å². The van der Waals surface area contributed by atoms with E-state index in [9.17, 15) is 4.39 Å². The molecule has 1 aromatic carbocycles. The largest absolute Gasteiger partial charge is 0.494 e. The van der Waals surface area contributed by atoms with Crippen molar-refractivity contribution in [2.45, 2.75) is 13.0 Å². The first-order valence-corrected chi connectivity index (χ1v) is 3.92. The quantitative estimate of drug-likeness (QED) is 0.706. The molecule has 72 valence electrons. The molecule has 1 rings (SSSR count). The monoisotopic (exact) mass is 185 g/mol. The molecule has 0 fully saturated rings. The number of ether oxygens (including phenoxy) is 1. The molecular weight excluding hydrogens is 173 g/mol. The van der Waals surface area contributed by atoms with Crippen LogP contribution in [0.4, 0.5) is 4.39 Å². The molecule has 0 aliphatic heterocycles. The third kappa shape index (κ3) is 2.17. The van der Waals surface area contributed by atoms with Gasteiger partial charge in [-0.3, -0.25) is 0 Å². The van der Waals surface area contributed by atoms with Gasteiger partial charge in [-0.1, -0.05) is 6.07 Å². The number of halogens is 1. The van der Waals surface area contributed by atoms with Gasteiger partial charge in [0.15, 0.2) is 11.6 Å². The molecule has 0 bridgehead atoms. The lowest BCUT2D eigenvalue weighted by atomic mass is 10.1. The van der Waals surface area contributed by atoms with Gasteiger partial charge in [-0.2, -0.15) is 5.48 Å². The third-order valence-electron chi connectivity index (χ3n) is 1.87. The van der Waals surface area contributed by atoms with Gasteiger partial charge in [0, 0.05) is 0 Å². The molecule has 0 saturated carbocycles. The third-order valence-corrected chi connectivity index (χ3v) is 1.87. The van der Waals surface area contributed by atoms with Gasteiger partial charge in [0.05, 0.1) is 13.2 Å². The van der Waals surface area contributed by atoms with E-state index in [1.165, 1.54) is 13.2 Å². The summed E-state index contributed by atoms with van der Waals surface area (Å²) in [6.45, 7) is 1.76. The highest BCUT2D eigenvalue weighted by Gasteiger charge is 2.07. The average molecular weight is 185 g/mol. The van der Waals surface area contributed by atoms with Crippen LogP contribution in [0.5, 0.6) is 5.75 Å². The molecule has 0 unspecified atom stereocenters. The Labute approximate surface area is 76.1 Å². The summed E-state index contributed by atoms with van der Waals surface area (Å²) >= 11 is 0. The lowest BCUT2D eigenvalue weighted by Gasteiger charge is -2.10. The van der Waals surface area contributed by atoms with E-state index >= 15 is 0 Å². The Hall–Kier alpha value is -1.13. The van der Waals surface area contributed by atoms with Crippen molar-refractivity contribution in [2.75, 3.05) is 7.11 Å². The lowest BCUT2D eigenvalue weighted by Crippen LogP contribution is -2.13. The second kappa shape index (κ2) is 4.20. The standard InChI is InChI=1S/C9H12FNO2/c1-6(11-12)7-3-4-8(10)9(5-7)13-2/h3-6,11-12H,1-2H3/t6-/m1/s1. The van der Waals surface area contributed by atoms with E-state index < -0.39 is 5.82 Å². The summed E-state index contributed by atoms with van der Waals surface area (Å²) in [5.74, 6) is -0.226. The Morgan fingerprint density at radius 1 is 1.54 bits per heavy atom. The van der Waals surface area contributed by atoms with Gasteiger partial charge in [0.25, 0.3) is 0 Å². The van der Waals surface area contributed by atoms with Crippen LogP contribution in [0.25, 0.3) is 0 Å². The molecule has 2 N–H and O–H groups in total. The van der Waals surface area contributed by atoms with Crippen molar-refractivity contribution in [2.24, 2.45) is 0 Å². The van der Waals surface area contributed by atoms with Crippen molar-refractivity contribution in [3.05, 3.63) is 29.6 Å². The molecule has 0 aliphatic rings. The number of benzene rings is 1. The second-order valence-electron chi connectivity index (χ2n) is 2.74. The highest BCUT2D eigenvalue weighted by Crippen LogP contribution is 2.21. The zero-order chi connectivity index (χ0) is 9.84. The van der Waals surface area contributed by atoms with Crippen LogP contribution in [0.2, 0.25) is 0 Å². The Morgan fingerprint density at radius 3 is 2.77 bits per heavy atom. The van der Waals surface area contributed by atoms with Crippen LogP contribution >= 0.6 is 0 Å². The fourth-order valence-corrected chi connectivity index (χ4v) is 1.02. The van der Waals surface area contributed by atoms with Gasteiger partial charge >= 0.3 is 0 Å². The summed E-state index contributed by atoms with van der Waals surface area (Å²) in [6, 6.07) is 4.20. The normalized spacial score (nSPS) is 12.6. The van der Waals surface area contributed by atoms with E-state index in [1.807, 2.05) is 0 Å². The Morgan fingerprint density at radius 2 is 2.23 bits per heavy atom. The summed E-state index contributed by atoms with van der Waals surface area (Å²) in [5.41, 5.74) is 2.84. The fourth-order valence-electron chi connectivity index (χ4n) is 1.02. The number of rotatable bonds is 3. The van der Waals surface area contributed by atoms with Gasteiger partial charge in [-0.05, 0) is 24.6 Å². The van der Waals surface area contributed by atoms with Crippen LogP contribution in [0.3, 0.4) is 0 Å². The van der Waals surface area contributed by atoms with E-state index in [-0.39, 0.29) is 11.8 Å². The Balaban J connectivity index is 2.99. The summed E-state index contributed by atoms with van der Waals surface area (Å²) in [7, 11) is 1.40. The minimum atomic E-state index is -0.406. The van der Waals surface area contributed by atoms with E-state index in [1.54, 1.807) is 19.1 Å². The highest BCUT2D eigenvalue weighted by molar-refractivity contribution is 5.31. The van der Waals surface area contributed by atoms with Crippen molar-refractivity contribution in [3.63, 3.8) is 0 Å². The summed E-state index contributed by atoms with van der Waals surface area (Å²) in [4.78, 5) is 0. The SMILES string of the molecule is COc1cc([C@@H](C)NO)ccc1F. The first kappa shape index (κ1) is 9.95. The maximum Gasteiger partial charge on any atom is 0.165 e. The minimum Gasteiger partial charge on any atom is -0.494 e. The van der Waals surface area contributed by atoms with Gasteiger partial charge in [-0.25, -0.2) is 4.39 Å². The number of hydrogen-bond donors (Lipinski definition) is 2. The molecule has 13 heavy (non-hydrogen) atoms. The van der Waals surface area contributed by atoms with Gasteiger partial charge in [-0.15, -0.1) is 0 Å². The first-order chi connectivity index (χ1) is 6.19. The van der Waals surface area contributed by atoms with E-state index in [0.717, 1.165) is 5.56 Å². The summed E-state index contributed by atoms with van der Waals surface area (Å²) in [6.07, 6.45) is 0. The summed E-state index contributed by atoms with van der Waals surface area (Å²) in [5, 5.41) is 8.64. The number of hydroxylamine groups is 1. The van der Waals surface area contributed by atoms with Crippen molar-refractivity contribution in [1.82, 2.24) is 5.48 Å². The smallest absolute Gasteiger partial charge is 0.165 e. The molecule has 0 saturated heterocycles. The molecular formula is C9H12FNO2. The number of hydrogen-bond acceptors (Lipinski definition) is 3. The van der Waals surface area contributed by atoms with Crippen LogP contribution in [-0.2, 0) is 0 Å².